The van der Waals surface area contributed by atoms with Crippen molar-refractivity contribution in [1.29, 1.82) is 0 Å². The van der Waals surface area contributed by atoms with E-state index in [4.69, 9.17) is 5.84 Å². The Morgan fingerprint density at radius 3 is 3.18 bits per heavy atom. The average molecular weight is 151 g/mol. The van der Waals surface area contributed by atoms with Crippen LogP contribution in [0.2, 0.25) is 0 Å². The average Bonchev–Trinajstić information content (AvgIpc) is 2.48. The molecule has 6 nitrogen and oxygen atoms in total. The lowest BCUT2D eigenvalue weighted by Gasteiger charge is -2.20. The van der Waals surface area contributed by atoms with Gasteiger partial charge in [0.15, 0.2) is 12.5 Å². The molecule has 0 aromatic heterocycles. The molecule has 0 radical (unpaired) electrons. The largest absolute Gasteiger partial charge is 0.300 e. The molecule has 2 heterocycles. The van der Waals surface area contributed by atoms with Gasteiger partial charge in [-0.15, -0.1) is 0 Å². The maximum Gasteiger partial charge on any atom is 0.300 e. The fourth-order valence-corrected chi connectivity index (χ4v) is 0.937. The van der Waals surface area contributed by atoms with Crippen molar-refractivity contribution < 1.29 is 4.70 Å². The van der Waals surface area contributed by atoms with E-state index in [0.717, 1.165) is 0 Å². The molecular formula is C5H7N6+. The molecule has 2 aliphatic heterocycles. The lowest BCUT2D eigenvalue weighted by atomic mass is 10.5. The third-order valence-electron chi connectivity index (χ3n) is 1.53. The summed E-state index contributed by atoms with van der Waals surface area (Å²) < 4.78 is 0.00347. The Kier molecular flexibility index (Phi) is 1.19. The van der Waals surface area contributed by atoms with Crippen LogP contribution in [0.25, 0.3) is 0 Å². The second kappa shape index (κ2) is 2.06. The highest BCUT2D eigenvalue weighted by Crippen LogP contribution is 2.12. The molecule has 0 bridgehead atoms. The molecule has 2 aliphatic rings. The number of amidine groups is 1. The van der Waals surface area contributed by atoms with Gasteiger partial charge in [0.05, 0.1) is 6.20 Å². The van der Waals surface area contributed by atoms with Gasteiger partial charge in [-0.2, -0.15) is 4.99 Å². The van der Waals surface area contributed by atoms with Crippen molar-refractivity contribution in [3.63, 3.8) is 0 Å². The van der Waals surface area contributed by atoms with Crippen LogP contribution < -0.4 is 11.4 Å². The summed E-state index contributed by atoms with van der Waals surface area (Å²) >= 11 is 0. The maximum absolute atomic E-state index is 5.29. The third-order valence-corrected chi connectivity index (χ3v) is 1.53. The van der Waals surface area contributed by atoms with E-state index in [1.54, 1.807) is 18.6 Å². The Labute approximate surface area is 63.0 Å². The Balaban J connectivity index is 2.46. The van der Waals surface area contributed by atoms with Gasteiger partial charge in [0.25, 0.3) is 0 Å². The van der Waals surface area contributed by atoms with E-state index in [1.807, 2.05) is 0 Å². The second-order valence-electron chi connectivity index (χ2n) is 2.11. The number of rotatable bonds is 1. The summed E-state index contributed by atoms with van der Waals surface area (Å²) in [7, 11) is 0. The van der Waals surface area contributed by atoms with Crippen molar-refractivity contribution in [2.75, 3.05) is 0 Å². The van der Waals surface area contributed by atoms with Crippen LogP contribution in [-0.2, 0) is 0 Å². The van der Waals surface area contributed by atoms with Gasteiger partial charge in [0.2, 0.25) is 0 Å². The van der Waals surface area contributed by atoms with Crippen LogP contribution >= 0.6 is 0 Å². The standard InChI is InChI=1S/C5H7N6/c6-10-11-2-1-7-3-5(11)8-4-9-11/h1-4,10H,6H2/q+1. The predicted molar refractivity (Wildman–Crippen MR) is 41.1 cm³/mol. The van der Waals surface area contributed by atoms with Gasteiger partial charge in [0.1, 0.15) is 6.21 Å². The smallest absolute Gasteiger partial charge is 0.251 e. The topological polar surface area (TPSA) is 75.1 Å². The Hall–Kier alpha value is -1.37. The number of aliphatic imine (C=N–C) groups is 2. The number of nitrogens with one attached hydrogen (secondary N) is 1. The number of nitrogens with zero attached hydrogens (tertiary/aromatic N) is 4. The van der Waals surface area contributed by atoms with Crippen molar-refractivity contribution in [2.45, 2.75) is 0 Å². The normalized spacial score (nSPS) is 32.3. The molecule has 11 heavy (non-hydrogen) atoms. The van der Waals surface area contributed by atoms with Gasteiger partial charge in [-0.05, 0) is 9.80 Å². The molecule has 0 fully saturated rings. The fourth-order valence-electron chi connectivity index (χ4n) is 0.937. The summed E-state index contributed by atoms with van der Waals surface area (Å²) in [6.45, 7) is 0. The summed E-state index contributed by atoms with van der Waals surface area (Å²) in [6, 6.07) is 0. The molecule has 0 amide bonds. The number of nitrogens with two attached hydrogens (primary N) is 1. The van der Waals surface area contributed by atoms with Crippen molar-refractivity contribution in [3.8, 4) is 0 Å². The van der Waals surface area contributed by atoms with Crippen molar-refractivity contribution in [3.05, 3.63) is 12.4 Å². The number of hydrogen-bond acceptors (Lipinski definition) is 5. The lowest BCUT2D eigenvalue weighted by Crippen LogP contribution is -2.57. The highest BCUT2D eigenvalue weighted by atomic mass is 15.9. The first kappa shape index (κ1) is 6.35. The van der Waals surface area contributed by atoms with Gasteiger partial charge in [-0.3, -0.25) is 4.99 Å². The molecule has 1 unspecified atom stereocenters. The van der Waals surface area contributed by atoms with Crippen molar-refractivity contribution in [2.24, 2.45) is 20.9 Å². The van der Waals surface area contributed by atoms with Crippen LogP contribution in [0.3, 0.4) is 0 Å². The first-order chi connectivity index (χ1) is 5.37. The van der Waals surface area contributed by atoms with Gasteiger partial charge in [0, 0.05) is 0 Å². The molecule has 0 saturated carbocycles. The zero-order chi connectivity index (χ0) is 7.73. The van der Waals surface area contributed by atoms with Gasteiger partial charge >= 0.3 is 5.84 Å². The van der Waals surface area contributed by atoms with Crippen molar-refractivity contribution in [1.82, 2.24) is 5.53 Å². The van der Waals surface area contributed by atoms with Crippen LogP contribution in [0, 0.1) is 0 Å². The maximum atomic E-state index is 5.29. The molecule has 0 saturated heterocycles. The van der Waals surface area contributed by atoms with E-state index < -0.39 is 0 Å². The molecule has 6 heteroatoms. The van der Waals surface area contributed by atoms with E-state index in [-0.39, 0.29) is 4.70 Å². The SMILES string of the molecule is NN[N+]12C=CN=CC1=NC=N2. The molecule has 0 aromatic rings. The molecule has 2 rings (SSSR count). The van der Waals surface area contributed by atoms with E-state index in [0.29, 0.717) is 5.84 Å². The highest BCUT2D eigenvalue weighted by molar-refractivity contribution is 6.28. The van der Waals surface area contributed by atoms with Crippen LogP contribution in [0.15, 0.2) is 27.5 Å². The number of hydrogen-bond donors (Lipinski definition) is 2. The second-order valence-corrected chi connectivity index (χ2v) is 2.11. The summed E-state index contributed by atoms with van der Waals surface area (Å²) in [5, 5.41) is 4.00. The first-order valence-corrected chi connectivity index (χ1v) is 3.07. The minimum Gasteiger partial charge on any atom is -0.251 e. The van der Waals surface area contributed by atoms with Gasteiger partial charge in [-0.1, -0.05) is 5.53 Å². The zero-order valence-electron chi connectivity index (χ0n) is 5.68. The third kappa shape index (κ3) is 0.741. The fraction of sp³-hybridized carbons (Fsp3) is 0. The molecule has 1 atom stereocenters. The van der Waals surface area contributed by atoms with E-state index in [9.17, 15) is 0 Å². The van der Waals surface area contributed by atoms with E-state index in [1.165, 1.54) is 6.34 Å². The van der Waals surface area contributed by atoms with Crippen LogP contribution in [0.5, 0.6) is 0 Å². The van der Waals surface area contributed by atoms with Gasteiger partial charge < -0.3 is 0 Å². The summed E-state index contributed by atoms with van der Waals surface area (Å²) in [4.78, 5) is 7.84. The van der Waals surface area contributed by atoms with E-state index >= 15 is 0 Å². The van der Waals surface area contributed by atoms with Gasteiger partial charge in [-0.25, -0.2) is 5.84 Å². The number of fused-ring (bicyclic) bond motifs is 1. The van der Waals surface area contributed by atoms with Crippen LogP contribution in [0.1, 0.15) is 0 Å². The number of hydrazine groups is 1. The monoisotopic (exact) mass is 151 g/mol. The predicted octanol–water partition coefficient (Wildman–Crippen LogP) is -0.908. The van der Waals surface area contributed by atoms with Crippen LogP contribution in [0.4, 0.5) is 0 Å². The molecule has 3 N–H and O–H groups in total. The summed E-state index contributed by atoms with van der Waals surface area (Å²) in [5.74, 6) is 5.96. The number of quaternary nitrogens is 1. The molecule has 0 aliphatic carbocycles. The van der Waals surface area contributed by atoms with Crippen molar-refractivity contribution >= 4 is 18.4 Å². The summed E-state index contributed by atoms with van der Waals surface area (Å²) in [5.41, 5.74) is 2.51. The van der Waals surface area contributed by atoms with E-state index in [2.05, 4.69) is 20.6 Å². The Bertz CT molecular complexity index is 287. The quantitative estimate of drug-likeness (QED) is 0.289. The first-order valence-electron chi connectivity index (χ1n) is 3.07. The molecule has 56 valence electrons. The Morgan fingerprint density at radius 1 is 1.55 bits per heavy atom. The summed E-state index contributed by atoms with van der Waals surface area (Å²) in [6.07, 6.45) is 6.35. The minimum absolute atomic E-state index is 0.00347. The Morgan fingerprint density at radius 2 is 2.45 bits per heavy atom. The molecular weight excluding hydrogens is 144 g/mol. The minimum atomic E-state index is 0.00347. The molecule has 0 aromatic carbocycles. The lowest BCUT2D eigenvalue weighted by molar-refractivity contribution is -0.840. The molecule has 0 spiro atoms. The highest BCUT2D eigenvalue weighted by Gasteiger charge is 2.36. The zero-order valence-corrected chi connectivity index (χ0v) is 5.68. The van der Waals surface area contributed by atoms with Crippen LogP contribution in [-0.4, -0.2) is 23.1 Å².